The number of benzene rings is 3. The van der Waals surface area contributed by atoms with Gasteiger partial charge in [0.15, 0.2) is 10.6 Å². The molecule has 0 atom stereocenters. The van der Waals surface area contributed by atoms with E-state index in [1.54, 1.807) is 55.5 Å². The highest BCUT2D eigenvalue weighted by molar-refractivity contribution is 7.16. The number of amides is 1. The van der Waals surface area contributed by atoms with E-state index in [0.29, 0.717) is 11.8 Å². The molecule has 0 aliphatic rings. The summed E-state index contributed by atoms with van der Waals surface area (Å²) in [4.78, 5) is 29.3. The number of halogens is 2. The highest BCUT2D eigenvalue weighted by atomic mass is 32.1. The molecule has 0 fully saturated rings. The van der Waals surface area contributed by atoms with Gasteiger partial charge in [0.05, 0.1) is 22.4 Å². The maximum absolute atomic E-state index is 14.6. The first-order valence-corrected chi connectivity index (χ1v) is 10.8. The van der Waals surface area contributed by atoms with Crippen molar-refractivity contribution in [3.63, 3.8) is 0 Å². The van der Waals surface area contributed by atoms with Crippen LogP contribution in [0.1, 0.15) is 17.3 Å². The highest BCUT2D eigenvalue weighted by Crippen LogP contribution is 2.26. The highest BCUT2D eigenvalue weighted by Gasteiger charge is 2.18. The Kier molecular flexibility index (Phi) is 6.60. The van der Waals surface area contributed by atoms with Crippen molar-refractivity contribution in [1.82, 2.24) is 4.57 Å². The second-order valence-electron chi connectivity index (χ2n) is 6.84. The number of hydrogen-bond acceptors (Lipinski definition) is 5. The molecule has 0 radical (unpaired) electrons. The predicted molar refractivity (Wildman–Crippen MR) is 119 cm³/mol. The summed E-state index contributed by atoms with van der Waals surface area (Å²) in [7, 11) is 0. The number of aromatic nitrogens is 1. The molecule has 0 saturated carbocycles. The summed E-state index contributed by atoms with van der Waals surface area (Å²) in [5.41, 5.74) is 0.142. The summed E-state index contributed by atoms with van der Waals surface area (Å²) in [6.45, 7) is 1.39. The number of para-hydroxylation sites is 2. The Bertz CT molecular complexity index is 1400. The van der Waals surface area contributed by atoms with Gasteiger partial charge >= 0.3 is 5.97 Å². The van der Waals surface area contributed by atoms with Gasteiger partial charge < -0.3 is 14.0 Å². The van der Waals surface area contributed by atoms with E-state index in [1.807, 2.05) is 6.07 Å². The molecule has 4 aromatic rings. The van der Waals surface area contributed by atoms with Crippen LogP contribution in [-0.4, -0.2) is 23.1 Å². The minimum Gasteiger partial charge on any atom is -0.465 e. The van der Waals surface area contributed by atoms with Crippen LogP contribution in [0.15, 0.2) is 71.7 Å². The molecule has 0 aliphatic carbocycles. The van der Waals surface area contributed by atoms with E-state index >= 15 is 0 Å². The first kappa shape index (κ1) is 22.3. The van der Waals surface area contributed by atoms with Gasteiger partial charge in [-0.2, -0.15) is 4.99 Å². The van der Waals surface area contributed by atoms with Gasteiger partial charge in [-0.05, 0) is 37.3 Å². The number of carbonyl (C=O) groups excluding carboxylic acids is 2. The molecule has 1 aromatic heterocycles. The third-order valence-electron chi connectivity index (χ3n) is 4.57. The Labute approximate surface area is 191 Å². The van der Waals surface area contributed by atoms with Gasteiger partial charge in [0.1, 0.15) is 23.9 Å². The lowest BCUT2D eigenvalue weighted by Gasteiger charge is -2.09. The summed E-state index contributed by atoms with van der Waals surface area (Å²) < 4.78 is 40.5. The fraction of sp³-hybridized carbons (Fsp3) is 0.125. The molecule has 0 saturated heterocycles. The minimum atomic E-state index is -0.868. The number of esters is 1. The van der Waals surface area contributed by atoms with E-state index in [9.17, 15) is 18.4 Å². The number of fused-ring (bicyclic) bond motifs is 1. The van der Waals surface area contributed by atoms with Gasteiger partial charge in [0.25, 0.3) is 5.91 Å². The zero-order chi connectivity index (χ0) is 23.4. The molecule has 0 bridgehead atoms. The number of rotatable bonds is 6. The minimum absolute atomic E-state index is 0.0297. The van der Waals surface area contributed by atoms with Crippen molar-refractivity contribution in [3.05, 3.63) is 88.7 Å². The second kappa shape index (κ2) is 9.74. The molecule has 0 spiro atoms. The Morgan fingerprint density at radius 2 is 1.76 bits per heavy atom. The maximum atomic E-state index is 14.6. The van der Waals surface area contributed by atoms with E-state index in [1.165, 1.54) is 4.57 Å². The average Bonchev–Trinajstić information content (AvgIpc) is 3.11. The number of ether oxygens (including phenoxy) is 2. The van der Waals surface area contributed by atoms with Crippen molar-refractivity contribution in [1.29, 1.82) is 0 Å². The van der Waals surface area contributed by atoms with Crippen molar-refractivity contribution in [2.24, 2.45) is 4.99 Å². The monoisotopic (exact) mass is 468 g/mol. The van der Waals surface area contributed by atoms with Crippen LogP contribution < -0.4 is 9.54 Å². The zero-order valence-corrected chi connectivity index (χ0v) is 18.3. The summed E-state index contributed by atoms with van der Waals surface area (Å²) in [6.07, 6.45) is 0. The van der Waals surface area contributed by atoms with Crippen molar-refractivity contribution in [2.45, 2.75) is 13.5 Å². The predicted octanol–water partition coefficient (Wildman–Crippen LogP) is 5.08. The first-order valence-electron chi connectivity index (χ1n) is 10.0. The SMILES string of the molecule is CCOC(=O)Cn1c(=NC(=O)c2ccccc2Oc2ccccc2)sc2cc(F)cc(F)c21. The van der Waals surface area contributed by atoms with Crippen LogP contribution in [-0.2, 0) is 16.1 Å². The van der Waals surface area contributed by atoms with Crippen molar-refractivity contribution >= 4 is 33.4 Å². The zero-order valence-electron chi connectivity index (χ0n) is 17.5. The quantitative estimate of drug-likeness (QED) is 0.370. The van der Waals surface area contributed by atoms with Crippen LogP contribution in [0, 0.1) is 11.6 Å². The van der Waals surface area contributed by atoms with Gasteiger partial charge in [-0.25, -0.2) is 8.78 Å². The molecule has 6 nitrogen and oxygen atoms in total. The van der Waals surface area contributed by atoms with E-state index in [2.05, 4.69) is 4.99 Å². The Hall–Kier alpha value is -3.85. The largest absolute Gasteiger partial charge is 0.465 e. The third kappa shape index (κ3) is 4.98. The first-order chi connectivity index (χ1) is 16.0. The van der Waals surface area contributed by atoms with Crippen molar-refractivity contribution in [2.75, 3.05) is 6.61 Å². The van der Waals surface area contributed by atoms with Gasteiger partial charge in [-0.15, -0.1) is 0 Å². The van der Waals surface area contributed by atoms with Crippen LogP contribution >= 0.6 is 11.3 Å². The number of thiazole rings is 1. The Balaban J connectivity index is 1.80. The lowest BCUT2D eigenvalue weighted by molar-refractivity contribution is -0.143. The fourth-order valence-corrected chi connectivity index (χ4v) is 4.26. The number of hydrogen-bond donors (Lipinski definition) is 0. The van der Waals surface area contributed by atoms with E-state index < -0.39 is 23.5 Å². The van der Waals surface area contributed by atoms with Crippen LogP contribution in [0.2, 0.25) is 0 Å². The van der Waals surface area contributed by atoms with Gasteiger partial charge in [0, 0.05) is 6.07 Å². The molecule has 0 unspecified atom stereocenters. The molecule has 0 N–H and O–H groups in total. The Morgan fingerprint density at radius 3 is 2.52 bits per heavy atom. The van der Waals surface area contributed by atoms with Crippen molar-refractivity contribution < 1.29 is 27.8 Å². The fourth-order valence-electron chi connectivity index (χ4n) is 3.19. The molecule has 1 amide bonds. The molecule has 9 heteroatoms. The molecule has 4 rings (SSSR count). The lowest BCUT2D eigenvalue weighted by Crippen LogP contribution is -2.23. The normalized spacial score (nSPS) is 11.5. The number of nitrogens with zero attached hydrogens (tertiary/aromatic N) is 2. The molecule has 3 aromatic carbocycles. The van der Waals surface area contributed by atoms with Gasteiger partial charge in [-0.3, -0.25) is 9.59 Å². The van der Waals surface area contributed by atoms with Gasteiger partial charge in [0.2, 0.25) is 0 Å². The van der Waals surface area contributed by atoms with Crippen LogP contribution in [0.25, 0.3) is 10.2 Å². The van der Waals surface area contributed by atoms with Crippen LogP contribution in [0.4, 0.5) is 8.78 Å². The average molecular weight is 468 g/mol. The van der Waals surface area contributed by atoms with Crippen LogP contribution in [0.5, 0.6) is 11.5 Å². The Morgan fingerprint density at radius 1 is 1.03 bits per heavy atom. The lowest BCUT2D eigenvalue weighted by atomic mass is 10.2. The van der Waals surface area contributed by atoms with E-state index in [0.717, 1.165) is 17.4 Å². The van der Waals surface area contributed by atoms with E-state index in [4.69, 9.17) is 9.47 Å². The van der Waals surface area contributed by atoms with E-state index in [-0.39, 0.29) is 39.5 Å². The number of carbonyl (C=O) groups is 2. The van der Waals surface area contributed by atoms with Crippen molar-refractivity contribution in [3.8, 4) is 11.5 Å². The molecule has 0 aliphatic heterocycles. The topological polar surface area (TPSA) is 69.9 Å². The maximum Gasteiger partial charge on any atom is 0.326 e. The smallest absolute Gasteiger partial charge is 0.326 e. The molecular weight excluding hydrogens is 450 g/mol. The summed E-state index contributed by atoms with van der Waals surface area (Å²) in [5.74, 6) is -2.12. The standard InChI is InChI=1S/C24H18F2N2O4S/c1-2-31-21(29)14-28-22-18(26)12-15(25)13-20(22)33-24(28)27-23(30)17-10-6-7-11-19(17)32-16-8-4-3-5-9-16/h3-13H,2,14H2,1H3. The molecule has 33 heavy (non-hydrogen) atoms. The summed E-state index contributed by atoms with van der Waals surface area (Å²) >= 11 is 0.892. The van der Waals surface area contributed by atoms with Crippen LogP contribution in [0.3, 0.4) is 0 Å². The molecular formula is C24H18F2N2O4S. The van der Waals surface area contributed by atoms with Gasteiger partial charge in [-0.1, -0.05) is 41.7 Å². The third-order valence-corrected chi connectivity index (χ3v) is 5.60. The molecule has 1 heterocycles. The summed E-state index contributed by atoms with van der Waals surface area (Å²) in [5, 5.41) is 0. The second-order valence-corrected chi connectivity index (χ2v) is 7.85. The summed E-state index contributed by atoms with van der Waals surface area (Å²) in [6, 6.07) is 17.3. The molecule has 168 valence electrons.